The minimum Gasteiger partial charge on any atom is -0.497 e. The molecular weight excluding hydrogens is 330 g/mol. The highest BCUT2D eigenvalue weighted by atomic mass is 16.5. The highest BCUT2D eigenvalue weighted by molar-refractivity contribution is 5.81. The molecule has 2 rings (SSSR count). The maximum absolute atomic E-state index is 12.5. The summed E-state index contributed by atoms with van der Waals surface area (Å²) in [6.45, 7) is 7.69. The second-order valence-electron chi connectivity index (χ2n) is 6.34. The number of amides is 1. The summed E-state index contributed by atoms with van der Waals surface area (Å²) in [5.41, 5.74) is 3.16. The molecule has 0 radical (unpaired) electrons. The molecule has 2 aromatic carbocycles. The zero-order valence-electron chi connectivity index (χ0n) is 16.3. The molecule has 1 amide bonds. The van der Waals surface area contributed by atoms with Crippen molar-refractivity contribution in [2.24, 2.45) is 0 Å². The molecule has 1 N–H and O–H groups in total. The first-order valence-electron chi connectivity index (χ1n) is 8.62. The monoisotopic (exact) mass is 357 g/mol. The fraction of sp³-hybridized carbons (Fsp3) is 0.381. The maximum Gasteiger partial charge on any atom is 0.261 e. The molecule has 0 heterocycles. The summed E-state index contributed by atoms with van der Waals surface area (Å²) in [6, 6.07) is 11.1. The molecule has 0 aromatic heterocycles. The Balaban J connectivity index is 2.07. The zero-order valence-corrected chi connectivity index (χ0v) is 16.3. The van der Waals surface area contributed by atoms with E-state index in [9.17, 15) is 4.79 Å². The lowest BCUT2D eigenvalue weighted by atomic mass is 10.1. The van der Waals surface area contributed by atoms with Crippen LogP contribution in [0.1, 0.15) is 36.6 Å². The summed E-state index contributed by atoms with van der Waals surface area (Å²) >= 11 is 0. The second kappa shape index (κ2) is 8.61. The van der Waals surface area contributed by atoms with Gasteiger partial charge in [0.2, 0.25) is 0 Å². The van der Waals surface area contributed by atoms with Crippen LogP contribution in [-0.2, 0) is 4.79 Å². The molecule has 0 aliphatic heterocycles. The fourth-order valence-corrected chi connectivity index (χ4v) is 2.63. The third kappa shape index (κ3) is 4.69. The van der Waals surface area contributed by atoms with Crippen molar-refractivity contribution in [3.8, 4) is 17.2 Å². The number of benzene rings is 2. The third-order valence-corrected chi connectivity index (χ3v) is 4.42. The van der Waals surface area contributed by atoms with Crippen LogP contribution in [0.3, 0.4) is 0 Å². The molecule has 2 aromatic rings. The Bertz CT molecular complexity index is 773. The highest BCUT2D eigenvalue weighted by Crippen LogP contribution is 2.29. The van der Waals surface area contributed by atoms with Crippen molar-refractivity contribution in [1.82, 2.24) is 5.32 Å². The van der Waals surface area contributed by atoms with Gasteiger partial charge in [-0.05, 0) is 69.2 Å². The second-order valence-corrected chi connectivity index (χ2v) is 6.34. The van der Waals surface area contributed by atoms with Crippen LogP contribution >= 0.6 is 0 Å². The van der Waals surface area contributed by atoms with Crippen LogP contribution in [0.15, 0.2) is 36.4 Å². The lowest BCUT2D eigenvalue weighted by molar-refractivity contribution is -0.127. The van der Waals surface area contributed by atoms with Gasteiger partial charge in [-0.1, -0.05) is 6.07 Å². The summed E-state index contributed by atoms with van der Waals surface area (Å²) in [5, 5.41) is 2.97. The van der Waals surface area contributed by atoms with E-state index in [-0.39, 0.29) is 11.9 Å². The van der Waals surface area contributed by atoms with Gasteiger partial charge in [0.15, 0.2) is 6.10 Å². The number of methoxy groups -OCH3 is 2. The van der Waals surface area contributed by atoms with E-state index in [1.54, 1.807) is 21.1 Å². The quantitative estimate of drug-likeness (QED) is 0.815. The van der Waals surface area contributed by atoms with Crippen molar-refractivity contribution in [1.29, 1.82) is 0 Å². The molecule has 2 atom stereocenters. The predicted molar refractivity (Wildman–Crippen MR) is 102 cm³/mol. The van der Waals surface area contributed by atoms with Crippen molar-refractivity contribution in [2.75, 3.05) is 14.2 Å². The molecule has 0 saturated heterocycles. The Morgan fingerprint density at radius 2 is 1.62 bits per heavy atom. The van der Waals surface area contributed by atoms with Gasteiger partial charge in [0.25, 0.3) is 5.91 Å². The van der Waals surface area contributed by atoms with Gasteiger partial charge in [0.05, 0.1) is 20.3 Å². The van der Waals surface area contributed by atoms with E-state index in [2.05, 4.69) is 5.32 Å². The topological polar surface area (TPSA) is 56.8 Å². The molecule has 5 nitrogen and oxygen atoms in total. The first-order valence-corrected chi connectivity index (χ1v) is 8.62. The Labute approximate surface area is 155 Å². The summed E-state index contributed by atoms with van der Waals surface area (Å²) in [7, 11) is 3.21. The number of carbonyl (C=O) groups excluding carboxylic acids is 1. The molecule has 0 unspecified atom stereocenters. The van der Waals surface area contributed by atoms with E-state index in [1.165, 1.54) is 5.56 Å². The highest BCUT2D eigenvalue weighted by Gasteiger charge is 2.20. The Morgan fingerprint density at radius 3 is 2.23 bits per heavy atom. The van der Waals surface area contributed by atoms with Gasteiger partial charge in [0.1, 0.15) is 17.2 Å². The summed E-state index contributed by atoms with van der Waals surface area (Å²) in [5.74, 6) is 1.89. The third-order valence-electron chi connectivity index (χ3n) is 4.42. The van der Waals surface area contributed by atoms with Crippen LogP contribution < -0.4 is 19.5 Å². The number of aryl methyl sites for hydroxylation is 2. The van der Waals surface area contributed by atoms with Gasteiger partial charge < -0.3 is 19.5 Å². The van der Waals surface area contributed by atoms with E-state index < -0.39 is 6.10 Å². The molecule has 5 heteroatoms. The Hall–Kier alpha value is -2.69. The summed E-state index contributed by atoms with van der Waals surface area (Å²) in [4.78, 5) is 12.5. The molecule has 0 aliphatic rings. The number of carbonyl (C=O) groups is 1. The zero-order chi connectivity index (χ0) is 19.3. The van der Waals surface area contributed by atoms with Gasteiger partial charge in [-0.2, -0.15) is 0 Å². The van der Waals surface area contributed by atoms with E-state index in [0.717, 1.165) is 11.1 Å². The van der Waals surface area contributed by atoms with E-state index in [0.29, 0.717) is 17.2 Å². The molecule has 0 saturated carbocycles. The van der Waals surface area contributed by atoms with Gasteiger partial charge >= 0.3 is 0 Å². The average Bonchev–Trinajstić information content (AvgIpc) is 2.63. The van der Waals surface area contributed by atoms with Gasteiger partial charge in [-0.3, -0.25) is 4.79 Å². The van der Waals surface area contributed by atoms with E-state index in [1.807, 2.05) is 57.2 Å². The van der Waals surface area contributed by atoms with Crippen molar-refractivity contribution in [2.45, 2.75) is 39.8 Å². The average molecular weight is 357 g/mol. The first kappa shape index (κ1) is 19.6. The minimum absolute atomic E-state index is 0.194. The van der Waals surface area contributed by atoms with Gasteiger partial charge in [-0.25, -0.2) is 0 Å². The van der Waals surface area contributed by atoms with Crippen LogP contribution in [0.25, 0.3) is 0 Å². The van der Waals surface area contributed by atoms with Crippen LogP contribution in [0.5, 0.6) is 17.2 Å². The number of hydrogen-bond donors (Lipinski definition) is 1. The molecular formula is C21H27NO4. The lowest BCUT2D eigenvalue weighted by Gasteiger charge is -2.21. The van der Waals surface area contributed by atoms with Crippen molar-refractivity contribution in [3.63, 3.8) is 0 Å². The Morgan fingerprint density at radius 1 is 0.923 bits per heavy atom. The molecule has 0 aliphatic carbocycles. The van der Waals surface area contributed by atoms with Gasteiger partial charge in [0, 0.05) is 5.56 Å². The summed E-state index contributed by atoms with van der Waals surface area (Å²) in [6.07, 6.45) is -0.615. The van der Waals surface area contributed by atoms with Gasteiger partial charge in [-0.15, -0.1) is 0 Å². The molecule has 0 spiro atoms. The number of hydrogen-bond acceptors (Lipinski definition) is 4. The standard InChI is InChI=1S/C21H27NO4/c1-13-7-8-18(11-14(13)2)26-16(4)21(23)22-15(3)19-12-17(24-5)9-10-20(19)25-6/h7-12,15-16H,1-6H3,(H,22,23)/t15-,16+/m0/s1. The lowest BCUT2D eigenvalue weighted by Crippen LogP contribution is -2.37. The van der Waals surface area contributed by atoms with Crippen LogP contribution in [-0.4, -0.2) is 26.2 Å². The molecule has 26 heavy (non-hydrogen) atoms. The minimum atomic E-state index is -0.615. The Kier molecular flexibility index (Phi) is 6.50. The summed E-state index contributed by atoms with van der Waals surface area (Å²) < 4.78 is 16.4. The fourth-order valence-electron chi connectivity index (χ4n) is 2.63. The number of nitrogens with one attached hydrogen (secondary N) is 1. The van der Waals surface area contributed by atoms with Crippen molar-refractivity contribution >= 4 is 5.91 Å². The maximum atomic E-state index is 12.5. The smallest absolute Gasteiger partial charge is 0.261 e. The van der Waals surface area contributed by atoms with Crippen molar-refractivity contribution in [3.05, 3.63) is 53.1 Å². The largest absolute Gasteiger partial charge is 0.497 e. The SMILES string of the molecule is COc1ccc(OC)c([C@H](C)NC(=O)[C@@H](C)Oc2ccc(C)c(C)c2)c1. The normalized spacial score (nSPS) is 12.8. The van der Waals surface area contributed by atoms with Crippen LogP contribution in [0, 0.1) is 13.8 Å². The first-order chi connectivity index (χ1) is 12.3. The van der Waals surface area contributed by atoms with Crippen LogP contribution in [0.2, 0.25) is 0 Å². The molecule has 140 valence electrons. The number of ether oxygens (including phenoxy) is 3. The molecule has 0 bridgehead atoms. The number of rotatable bonds is 7. The van der Waals surface area contributed by atoms with E-state index >= 15 is 0 Å². The van der Waals surface area contributed by atoms with E-state index in [4.69, 9.17) is 14.2 Å². The predicted octanol–water partition coefficient (Wildman–Crippen LogP) is 3.97. The molecule has 0 fully saturated rings. The van der Waals surface area contributed by atoms with Crippen molar-refractivity contribution < 1.29 is 19.0 Å². The van der Waals surface area contributed by atoms with Crippen LogP contribution in [0.4, 0.5) is 0 Å².